The van der Waals surface area contributed by atoms with Crippen LogP contribution in [0.1, 0.15) is 40.5 Å². The topological polar surface area (TPSA) is 83.5 Å². The van der Waals surface area contributed by atoms with Crippen molar-refractivity contribution in [3.8, 4) is 0 Å². The summed E-state index contributed by atoms with van der Waals surface area (Å²) in [5.41, 5.74) is 0.0813. The number of sulfonamides is 2. The van der Waals surface area contributed by atoms with Crippen LogP contribution < -0.4 is 4.72 Å². The second-order valence-electron chi connectivity index (χ2n) is 6.68. The van der Waals surface area contributed by atoms with Gasteiger partial charge in [0.2, 0.25) is 20.0 Å². The van der Waals surface area contributed by atoms with E-state index in [1.807, 2.05) is 0 Å². The van der Waals surface area contributed by atoms with Gasteiger partial charge in [-0.1, -0.05) is 20.8 Å². The van der Waals surface area contributed by atoms with Crippen molar-refractivity contribution in [2.45, 2.75) is 40.5 Å². The summed E-state index contributed by atoms with van der Waals surface area (Å²) in [4.78, 5) is 0. The highest BCUT2D eigenvalue weighted by molar-refractivity contribution is 7.90. The third-order valence-electron chi connectivity index (χ3n) is 4.06. The van der Waals surface area contributed by atoms with E-state index in [0.717, 1.165) is 12.8 Å². The Bertz CT molecular complexity index is 535. The molecule has 1 unspecified atom stereocenters. The van der Waals surface area contributed by atoms with E-state index in [1.54, 1.807) is 0 Å². The van der Waals surface area contributed by atoms with Crippen LogP contribution >= 0.6 is 0 Å². The van der Waals surface area contributed by atoms with Gasteiger partial charge in [-0.3, -0.25) is 0 Å². The summed E-state index contributed by atoms with van der Waals surface area (Å²) in [7, 11) is -6.74. The van der Waals surface area contributed by atoms with Gasteiger partial charge < -0.3 is 0 Å². The first kappa shape index (κ1) is 18.9. The molecule has 1 fully saturated rings. The second kappa shape index (κ2) is 6.93. The molecule has 1 atom stereocenters. The quantitative estimate of drug-likeness (QED) is 0.782. The van der Waals surface area contributed by atoms with Gasteiger partial charge in [-0.15, -0.1) is 0 Å². The van der Waals surface area contributed by atoms with E-state index in [0.29, 0.717) is 19.0 Å². The van der Waals surface area contributed by atoms with Crippen LogP contribution in [0.15, 0.2) is 0 Å². The summed E-state index contributed by atoms with van der Waals surface area (Å²) in [6, 6.07) is 0. The van der Waals surface area contributed by atoms with Crippen LogP contribution in [0, 0.1) is 11.3 Å². The molecule has 0 saturated carbocycles. The van der Waals surface area contributed by atoms with E-state index in [2.05, 4.69) is 25.5 Å². The molecule has 1 rings (SSSR count). The number of nitrogens with zero attached hydrogens (tertiary/aromatic N) is 1. The summed E-state index contributed by atoms with van der Waals surface area (Å²) < 4.78 is 51.1. The highest BCUT2D eigenvalue weighted by atomic mass is 32.2. The lowest BCUT2D eigenvalue weighted by Crippen LogP contribution is -2.45. The zero-order valence-corrected chi connectivity index (χ0v) is 15.1. The van der Waals surface area contributed by atoms with Crippen molar-refractivity contribution < 1.29 is 16.8 Å². The molecule has 0 aromatic heterocycles. The Morgan fingerprint density at radius 3 is 2.33 bits per heavy atom. The van der Waals surface area contributed by atoms with E-state index >= 15 is 0 Å². The van der Waals surface area contributed by atoms with Crippen molar-refractivity contribution >= 4 is 20.0 Å². The highest BCUT2D eigenvalue weighted by Crippen LogP contribution is 2.34. The smallest absolute Gasteiger partial charge is 0.214 e. The van der Waals surface area contributed by atoms with Gasteiger partial charge in [-0.05, 0) is 31.1 Å². The van der Waals surface area contributed by atoms with Crippen LogP contribution in [0.2, 0.25) is 0 Å². The molecule has 1 aliphatic rings. The van der Waals surface area contributed by atoms with Crippen LogP contribution in [0.3, 0.4) is 0 Å². The summed E-state index contributed by atoms with van der Waals surface area (Å²) >= 11 is 0. The predicted molar refractivity (Wildman–Crippen MR) is 85.0 cm³/mol. The summed E-state index contributed by atoms with van der Waals surface area (Å²) in [5, 5.41) is 0. The minimum absolute atomic E-state index is 0.0388. The van der Waals surface area contributed by atoms with Gasteiger partial charge in [-0.25, -0.2) is 25.9 Å². The molecule has 6 nitrogen and oxygen atoms in total. The molecule has 1 heterocycles. The Labute approximate surface area is 129 Å². The van der Waals surface area contributed by atoms with Crippen LogP contribution in [0.5, 0.6) is 0 Å². The van der Waals surface area contributed by atoms with Gasteiger partial charge in [0.1, 0.15) is 0 Å². The molecule has 8 heteroatoms. The lowest BCUT2D eigenvalue weighted by molar-refractivity contribution is 0.148. The van der Waals surface area contributed by atoms with E-state index in [9.17, 15) is 16.8 Å². The molecule has 1 aliphatic heterocycles. The Morgan fingerprint density at radius 1 is 1.19 bits per heavy atom. The lowest BCUT2D eigenvalue weighted by Gasteiger charge is -2.39. The molecular formula is C13H28N2O4S2. The molecule has 0 amide bonds. The number of nitrogens with one attached hydrogen (secondary N) is 1. The average Bonchev–Trinajstić information content (AvgIpc) is 2.37. The molecule has 0 bridgehead atoms. The summed E-state index contributed by atoms with van der Waals surface area (Å²) in [6.45, 7) is 8.92. The Hall–Kier alpha value is -0.180. The Morgan fingerprint density at radius 2 is 1.81 bits per heavy atom. The molecule has 1 saturated heterocycles. The maximum Gasteiger partial charge on any atom is 0.215 e. The lowest BCUT2D eigenvalue weighted by atomic mass is 9.77. The second-order valence-corrected chi connectivity index (χ2v) is 10.9. The molecular weight excluding hydrogens is 312 g/mol. The SMILES string of the molecule is CCS(=O)(=O)NCCS(=O)(=O)N1CCCC(C(C)(C)C)C1. The fourth-order valence-electron chi connectivity index (χ4n) is 2.46. The third kappa shape index (κ3) is 5.84. The van der Waals surface area contributed by atoms with Crippen molar-refractivity contribution in [3.05, 3.63) is 0 Å². The molecule has 0 aromatic carbocycles. The molecule has 0 radical (unpaired) electrons. The first-order valence-electron chi connectivity index (χ1n) is 7.43. The van der Waals surface area contributed by atoms with E-state index in [1.165, 1.54) is 11.2 Å². The minimum atomic E-state index is -3.40. The minimum Gasteiger partial charge on any atom is -0.214 e. The van der Waals surface area contributed by atoms with Gasteiger partial charge in [0.25, 0.3) is 0 Å². The first-order chi connectivity index (χ1) is 9.48. The van der Waals surface area contributed by atoms with Gasteiger partial charge in [0.05, 0.1) is 11.5 Å². The number of hydrogen-bond donors (Lipinski definition) is 1. The van der Waals surface area contributed by atoms with Crippen molar-refractivity contribution in [3.63, 3.8) is 0 Å². The molecule has 0 aromatic rings. The largest absolute Gasteiger partial charge is 0.215 e. The summed E-state index contributed by atoms with van der Waals surface area (Å²) in [5.74, 6) is 0.125. The Balaban J connectivity index is 2.62. The molecule has 126 valence electrons. The molecule has 1 N–H and O–H groups in total. The van der Waals surface area contributed by atoms with Crippen LogP contribution in [0.4, 0.5) is 0 Å². The van der Waals surface area contributed by atoms with Crippen LogP contribution in [0.25, 0.3) is 0 Å². The zero-order chi connectivity index (χ0) is 16.3. The van der Waals surface area contributed by atoms with Gasteiger partial charge in [-0.2, -0.15) is 0 Å². The van der Waals surface area contributed by atoms with Crippen molar-refractivity contribution in [2.24, 2.45) is 11.3 Å². The third-order valence-corrected chi connectivity index (χ3v) is 7.31. The maximum atomic E-state index is 12.3. The monoisotopic (exact) mass is 340 g/mol. The fraction of sp³-hybridized carbons (Fsp3) is 1.00. The van der Waals surface area contributed by atoms with Crippen molar-refractivity contribution in [1.82, 2.24) is 9.03 Å². The maximum absolute atomic E-state index is 12.3. The standard InChI is InChI=1S/C13H28N2O4S2/c1-5-20(16,17)14-8-10-21(18,19)15-9-6-7-12(11-15)13(2,3)4/h12,14H,5-11H2,1-4H3. The van der Waals surface area contributed by atoms with Crippen molar-refractivity contribution in [1.29, 1.82) is 0 Å². The normalized spacial score (nSPS) is 22.4. The van der Waals surface area contributed by atoms with E-state index in [4.69, 9.17) is 0 Å². The van der Waals surface area contributed by atoms with Gasteiger partial charge in [0, 0.05) is 19.6 Å². The molecule has 0 aliphatic carbocycles. The number of rotatable bonds is 6. The number of hydrogen-bond acceptors (Lipinski definition) is 4. The molecule has 0 spiro atoms. The van der Waals surface area contributed by atoms with E-state index < -0.39 is 20.0 Å². The Kier molecular flexibility index (Phi) is 6.23. The van der Waals surface area contributed by atoms with E-state index in [-0.39, 0.29) is 23.5 Å². The fourth-order valence-corrected chi connectivity index (χ4v) is 4.64. The number of piperidine rings is 1. The first-order valence-corrected chi connectivity index (χ1v) is 10.7. The predicted octanol–water partition coefficient (Wildman–Crippen LogP) is 1.01. The van der Waals surface area contributed by atoms with Crippen molar-refractivity contribution in [2.75, 3.05) is 31.1 Å². The van der Waals surface area contributed by atoms with Crippen LogP contribution in [-0.4, -0.2) is 52.3 Å². The average molecular weight is 341 g/mol. The summed E-state index contributed by atoms with van der Waals surface area (Å²) in [6.07, 6.45) is 1.90. The van der Waals surface area contributed by atoms with Crippen LogP contribution in [-0.2, 0) is 20.0 Å². The molecule has 21 heavy (non-hydrogen) atoms. The van der Waals surface area contributed by atoms with Gasteiger partial charge in [0.15, 0.2) is 0 Å². The highest BCUT2D eigenvalue weighted by Gasteiger charge is 2.34. The van der Waals surface area contributed by atoms with Gasteiger partial charge >= 0.3 is 0 Å². The zero-order valence-electron chi connectivity index (χ0n) is 13.4.